The lowest BCUT2D eigenvalue weighted by atomic mass is 9.33. The second-order valence-electron chi connectivity index (χ2n) is 19.7. The fourth-order valence-corrected chi connectivity index (χ4v) is 13.3. The van der Waals surface area contributed by atoms with Gasteiger partial charge in [0.2, 0.25) is 0 Å². The number of fused-ring (bicyclic) bond motifs is 8. The van der Waals surface area contributed by atoms with Gasteiger partial charge in [-0.3, -0.25) is 4.90 Å². The summed E-state index contributed by atoms with van der Waals surface area (Å²) in [5.74, 6) is 3.73. The maximum absolute atomic E-state index is 13.5. The summed E-state index contributed by atoms with van der Waals surface area (Å²) in [5.41, 5.74) is 1.48. The fourth-order valence-electron chi connectivity index (χ4n) is 13.3. The molecule has 0 N–H and O–H groups in total. The largest absolute Gasteiger partial charge is 0.458 e. The molecule has 7 rings (SSSR count). The van der Waals surface area contributed by atoms with Crippen LogP contribution < -0.4 is 0 Å². The van der Waals surface area contributed by atoms with E-state index >= 15 is 0 Å². The minimum Gasteiger partial charge on any atom is -0.458 e. The molecule has 9 atom stereocenters. The van der Waals surface area contributed by atoms with Crippen molar-refractivity contribution in [2.45, 2.75) is 133 Å². The number of hydrogen-bond acceptors (Lipinski definition) is 4. The summed E-state index contributed by atoms with van der Waals surface area (Å²) >= 11 is 0. The summed E-state index contributed by atoms with van der Waals surface area (Å²) in [6, 6.07) is 0. The summed E-state index contributed by atoms with van der Waals surface area (Å²) in [7, 11) is 0. The Morgan fingerprint density at radius 2 is 1.51 bits per heavy atom. The van der Waals surface area contributed by atoms with Gasteiger partial charge in [-0.15, -0.1) is 0 Å². The van der Waals surface area contributed by atoms with Crippen molar-refractivity contribution in [1.29, 1.82) is 0 Å². The normalized spacial score (nSPS) is 47.4. The Kier molecular flexibility index (Phi) is 9.16. The molecule has 0 spiro atoms. The van der Waals surface area contributed by atoms with Crippen molar-refractivity contribution in [3.8, 4) is 0 Å². The van der Waals surface area contributed by atoms with Crippen LogP contribution in [-0.2, 0) is 14.3 Å². The molecule has 3 saturated heterocycles. The number of rotatable bonds is 8. The van der Waals surface area contributed by atoms with Crippen LogP contribution in [0.3, 0.4) is 0 Å². The van der Waals surface area contributed by atoms with E-state index in [2.05, 4.69) is 67.2 Å². The molecule has 0 aromatic rings. The van der Waals surface area contributed by atoms with Crippen molar-refractivity contribution in [3.05, 3.63) is 0 Å². The van der Waals surface area contributed by atoms with Gasteiger partial charge in [0, 0.05) is 38.3 Å². The van der Waals surface area contributed by atoms with Crippen LogP contribution in [0.4, 0.5) is 0 Å². The summed E-state index contributed by atoms with van der Waals surface area (Å²) in [5, 5.41) is 0. The first kappa shape index (κ1) is 34.2. The van der Waals surface area contributed by atoms with Gasteiger partial charge in [0.1, 0.15) is 6.10 Å². The van der Waals surface area contributed by atoms with Gasteiger partial charge in [-0.25, -0.2) is 4.79 Å². The molecule has 0 radical (unpaired) electrons. The lowest BCUT2D eigenvalue weighted by Gasteiger charge is -2.72. The molecule has 0 aromatic carbocycles. The molecule has 258 valence electrons. The van der Waals surface area contributed by atoms with Crippen LogP contribution in [0, 0.1) is 56.7 Å². The van der Waals surface area contributed by atoms with Crippen LogP contribution in [-0.4, -0.2) is 80.5 Å². The first-order chi connectivity index (χ1) is 21.1. The van der Waals surface area contributed by atoms with E-state index < -0.39 is 0 Å². The number of carbonyl (C=O) groups excluding carboxylic acids is 1. The van der Waals surface area contributed by atoms with Gasteiger partial charge < -0.3 is 14.0 Å². The van der Waals surface area contributed by atoms with Crippen molar-refractivity contribution >= 4 is 5.97 Å². The quantitative estimate of drug-likeness (QED) is 0.201. The second-order valence-corrected chi connectivity index (χ2v) is 19.7. The number of piperazine rings is 3. The molecule has 3 aliphatic heterocycles. The Bertz CT molecular complexity index is 1060. The molecule has 7 aliphatic rings. The van der Waals surface area contributed by atoms with Crippen molar-refractivity contribution < 1.29 is 18.8 Å². The zero-order valence-electron chi connectivity index (χ0n) is 31.0. The van der Waals surface area contributed by atoms with Crippen molar-refractivity contribution in [1.82, 2.24) is 4.90 Å². The van der Waals surface area contributed by atoms with Gasteiger partial charge in [0.25, 0.3) is 0 Å². The van der Waals surface area contributed by atoms with Gasteiger partial charge in [-0.05, 0) is 122 Å². The van der Waals surface area contributed by atoms with Crippen LogP contribution >= 0.6 is 0 Å². The number of hydrogen-bond donors (Lipinski definition) is 0. The monoisotopic (exact) mass is 628 g/mol. The van der Waals surface area contributed by atoms with Crippen molar-refractivity contribution in [2.24, 2.45) is 56.7 Å². The topological polar surface area (TPSA) is 38.8 Å². The Hall–Kier alpha value is -0.650. The van der Waals surface area contributed by atoms with Gasteiger partial charge >= 0.3 is 5.97 Å². The third-order valence-electron chi connectivity index (χ3n) is 16.2. The molecule has 5 nitrogen and oxygen atoms in total. The molecule has 5 heteroatoms. The number of carbonyl (C=O) groups is 1. The maximum Gasteiger partial charge on any atom is 0.362 e. The van der Waals surface area contributed by atoms with E-state index in [0.717, 1.165) is 81.1 Å². The molecule has 4 saturated carbocycles. The summed E-state index contributed by atoms with van der Waals surface area (Å²) in [4.78, 5) is 16.1. The van der Waals surface area contributed by atoms with E-state index in [0.29, 0.717) is 40.0 Å². The number of quaternary nitrogens is 1. The van der Waals surface area contributed by atoms with Crippen LogP contribution in [0.25, 0.3) is 0 Å². The number of esters is 1. The second kappa shape index (κ2) is 12.0. The van der Waals surface area contributed by atoms with Gasteiger partial charge in [-0.1, -0.05) is 55.4 Å². The zero-order chi connectivity index (χ0) is 32.5. The Morgan fingerprint density at radius 1 is 0.844 bits per heavy atom. The van der Waals surface area contributed by atoms with Crippen molar-refractivity contribution in [3.63, 3.8) is 0 Å². The highest BCUT2D eigenvalue weighted by atomic mass is 16.5. The van der Waals surface area contributed by atoms with E-state index in [-0.39, 0.29) is 17.5 Å². The van der Waals surface area contributed by atoms with E-state index in [4.69, 9.17) is 9.47 Å². The van der Waals surface area contributed by atoms with Crippen LogP contribution in [0.5, 0.6) is 0 Å². The molecule has 4 aliphatic carbocycles. The summed E-state index contributed by atoms with van der Waals surface area (Å²) in [6.45, 7) is 31.7. The van der Waals surface area contributed by atoms with Crippen LogP contribution in [0.1, 0.15) is 127 Å². The minimum atomic E-state index is 0.0183. The van der Waals surface area contributed by atoms with Gasteiger partial charge in [0.15, 0.2) is 6.54 Å². The van der Waals surface area contributed by atoms with E-state index in [1.54, 1.807) is 0 Å². The molecule has 6 unspecified atom stereocenters. The predicted molar refractivity (Wildman–Crippen MR) is 184 cm³/mol. The first-order valence-electron chi connectivity index (χ1n) is 19.4. The zero-order valence-corrected chi connectivity index (χ0v) is 31.0. The average molecular weight is 628 g/mol. The first-order valence-corrected chi connectivity index (χ1v) is 19.4. The molecule has 0 aromatic heterocycles. The molecule has 7 fully saturated rings. The third-order valence-corrected chi connectivity index (χ3v) is 16.2. The number of nitrogens with zero attached hydrogens (tertiary/aromatic N) is 2. The lowest BCUT2D eigenvalue weighted by Crippen LogP contribution is -2.69. The fraction of sp³-hybridized carbons (Fsp3) is 0.975. The molecule has 2 bridgehead atoms. The minimum absolute atomic E-state index is 0.0183. The van der Waals surface area contributed by atoms with Gasteiger partial charge in [0.05, 0.1) is 19.6 Å². The average Bonchev–Trinajstić information content (AvgIpc) is 2.97. The highest BCUT2D eigenvalue weighted by Crippen LogP contribution is 2.75. The van der Waals surface area contributed by atoms with Crippen LogP contribution in [0.2, 0.25) is 0 Å². The molecule has 3 heterocycles. The predicted octanol–water partition coefficient (Wildman–Crippen LogP) is 8.21. The standard InChI is InChI=1S/C40H71N2O3/c1-10-44-28-30-29(13-17-36(2,3)4)14-19-39(8)31(30)11-12-33-38(7)18-16-34(37(5,6)32(38)15-20-40(33,39)9)45-35(43)27-42-24-21-41(22-25-42)23-26-42/h29-34H,10-28H2,1-9H3/q+1/t29?,30?,31?,32?,33?,34?,38-,39+,40+/m0/s1. The number of ether oxygens (including phenoxy) is 2. The molecular weight excluding hydrogens is 556 g/mol. The Balaban J connectivity index is 1.18. The van der Waals surface area contributed by atoms with E-state index in [9.17, 15) is 4.79 Å². The summed E-state index contributed by atoms with van der Waals surface area (Å²) in [6.07, 6.45) is 13.1. The molecular formula is C40H71N2O3+. The highest BCUT2D eigenvalue weighted by molar-refractivity contribution is 5.71. The highest BCUT2D eigenvalue weighted by Gasteiger charge is 2.68. The third kappa shape index (κ3) is 5.87. The van der Waals surface area contributed by atoms with E-state index in [1.165, 1.54) is 57.8 Å². The smallest absolute Gasteiger partial charge is 0.362 e. The van der Waals surface area contributed by atoms with Crippen LogP contribution in [0.15, 0.2) is 0 Å². The maximum atomic E-state index is 13.5. The lowest BCUT2D eigenvalue weighted by molar-refractivity contribution is -0.934. The molecule has 0 amide bonds. The molecule has 45 heavy (non-hydrogen) atoms. The Morgan fingerprint density at radius 3 is 2.16 bits per heavy atom. The van der Waals surface area contributed by atoms with Gasteiger partial charge in [-0.2, -0.15) is 0 Å². The SMILES string of the molecule is CCOCC1C(CCC(C)(C)C)CC[C@]2(C)C1CCC1[C@@]3(C)CCC(OC(=O)C[N+]45CCN(CC4)CC5)C(C)(C)C3CC[C@]12C. The van der Waals surface area contributed by atoms with Crippen molar-refractivity contribution in [2.75, 3.05) is 59.0 Å². The Labute approximate surface area is 277 Å². The van der Waals surface area contributed by atoms with E-state index in [1.807, 2.05) is 0 Å². The summed E-state index contributed by atoms with van der Waals surface area (Å²) < 4.78 is 13.8.